The zero-order valence-electron chi connectivity index (χ0n) is 27.3. The summed E-state index contributed by atoms with van der Waals surface area (Å²) in [4.78, 5) is 0. The average Bonchev–Trinajstić information content (AvgIpc) is 3.09. The smallest absolute Gasteiger partial charge is 0.169 e. The Balaban J connectivity index is 1.24. The van der Waals surface area contributed by atoms with Crippen LogP contribution in [0.15, 0.2) is 121 Å². The number of ether oxygens (including phenoxy) is 2. The molecule has 0 bridgehead atoms. The Morgan fingerprint density at radius 1 is 0.320 bits per heavy atom. The van der Waals surface area contributed by atoms with Gasteiger partial charge in [0.15, 0.2) is 34.5 Å². The summed E-state index contributed by atoms with van der Waals surface area (Å²) in [5.74, 6) is 1.33. The maximum Gasteiger partial charge on any atom is 0.169 e. The van der Waals surface area contributed by atoms with E-state index in [2.05, 4.69) is 0 Å². The van der Waals surface area contributed by atoms with Gasteiger partial charge in [-0.25, -0.2) is 0 Å². The molecule has 6 N–H and O–H groups in total. The first kappa shape index (κ1) is 33.6. The first-order chi connectivity index (χ1) is 24.2. The molecule has 0 atom stereocenters. The molecule has 0 saturated heterocycles. The van der Waals surface area contributed by atoms with Crippen molar-refractivity contribution >= 4 is 0 Å². The van der Waals surface area contributed by atoms with E-state index in [1.807, 2.05) is 36.4 Å². The topological polar surface area (TPSA) is 140 Å². The molecule has 0 spiro atoms. The molecule has 8 nitrogen and oxygen atoms in total. The lowest BCUT2D eigenvalue weighted by atomic mass is 10.0. The second-order valence-electron chi connectivity index (χ2n) is 12.3. The zero-order valence-corrected chi connectivity index (χ0v) is 27.3. The molecular weight excluding hydrogens is 632 g/mol. The lowest BCUT2D eigenvalue weighted by Crippen LogP contribution is -1.97. The Morgan fingerprint density at radius 2 is 0.720 bits per heavy atom. The number of aryl methyl sites for hydroxylation is 6. The largest absolute Gasteiger partial charge is 0.508 e. The lowest BCUT2D eigenvalue weighted by molar-refractivity contribution is 0.399. The molecular formula is C42H38O8. The molecule has 6 rings (SSSR count). The zero-order chi connectivity index (χ0) is 35.0. The second-order valence-corrected chi connectivity index (χ2v) is 12.3. The summed E-state index contributed by atoms with van der Waals surface area (Å²) in [5, 5.41) is 60.8. The average molecular weight is 671 g/mol. The van der Waals surface area contributed by atoms with Crippen molar-refractivity contribution < 1.29 is 40.1 Å². The summed E-state index contributed by atoms with van der Waals surface area (Å²) >= 11 is 0. The van der Waals surface area contributed by atoms with Gasteiger partial charge in [0.2, 0.25) is 0 Å². The maximum absolute atomic E-state index is 10.7. The number of hydrogen-bond donors (Lipinski definition) is 6. The van der Waals surface area contributed by atoms with Crippen molar-refractivity contribution in [2.75, 3.05) is 0 Å². The number of phenolic OH excluding ortho intramolecular Hbond substituents is 6. The Hall–Kier alpha value is -6.28. The predicted octanol–water partition coefficient (Wildman–Crippen LogP) is 8.86. The number of rotatable bonds is 13. The van der Waals surface area contributed by atoms with Crippen LogP contribution in [-0.4, -0.2) is 30.6 Å². The van der Waals surface area contributed by atoms with Crippen LogP contribution in [0.2, 0.25) is 0 Å². The molecule has 254 valence electrons. The summed E-state index contributed by atoms with van der Waals surface area (Å²) in [6, 6.07) is 34.7. The van der Waals surface area contributed by atoms with E-state index in [1.54, 1.807) is 72.8 Å². The molecule has 50 heavy (non-hydrogen) atoms. The lowest BCUT2D eigenvalue weighted by Gasteiger charge is -2.15. The van der Waals surface area contributed by atoms with Crippen LogP contribution in [0.5, 0.6) is 57.5 Å². The minimum Gasteiger partial charge on any atom is -0.508 e. The second kappa shape index (κ2) is 15.3. The third kappa shape index (κ3) is 8.99. The van der Waals surface area contributed by atoms with Crippen LogP contribution >= 0.6 is 0 Å². The number of hydrogen-bond acceptors (Lipinski definition) is 8. The quantitative estimate of drug-likeness (QED) is 0.0670. The fourth-order valence-electron chi connectivity index (χ4n) is 5.75. The van der Waals surface area contributed by atoms with Gasteiger partial charge in [-0.05, 0) is 145 Å². The van der Waals surface area contributed by atoms with Gasteiger partial charge >= 0.3 is 0 Å². The minimum absolute atomic E-state index is 0.0318. The SMILES string of the molecule is Oc1cccc(CCc2ccc(O)c(Oc3cc(CCc4ccc(O)c(O)c4)cc(Oc4cc(CCc5cccc(O)c5)ccc4O)c3)c2)c1. The van der Waals surface area contributed by atoms with Gasteiger partial charge in [0.1, 0.15) is 23.0 Å². The normalized spacial score (nSPS) is 11.0. The Kier molecular flexibility index (Phi) is 10.3. The van der Waals surface area contributed by atoms with Crippen molar-refractivity contribution in [3.63, 3.8) is 0 Å². The van der Waals surface area contributed by atoms with E-state index in [1.165, 1.54) is 12.1 Å². The van der Waals surface area contributed by atoms with Gasteiger partial charge < -0.3 is 40.1 Å². The molecule has 6 aromatic carbocycles. The summed E-state index contributed by atoms with van der Waals surface area (Å²) in [6.45, 7) is 0. The van der Waals surface area contributed by atoms with Crippen molar-refractivity contribution in [2.45, 2.75) is 38.5 Å². The Labute approximate surface area is 290 Å². The molecule has 0 heterocycles. The van der Waals surface area contributed by atoms with Crippen molar-refractivity contribution in [2.24, 2.45) is 0 Å². The predicted molar refractivity (Wildman–Crippen MR) is 191 cm³/mol. The van der Waals surface area contributed by atoms with Gasteiger partial charge in [0, 0.05) is 6.07 Å². The summed E-state index contributed by atoms with van der Waals surface area (Å²) in [5.41, 5.74) is 5.52. The summed E-state index contributed by atoms with van der Waals surface area (Å²) in [7, 11) is 0. The van der Waals surface area contributed by atoms with Gasteiger partial charge in [-0.15, -0.1) is 0 Å². The first-order valence-corrected chi connectivity index (χ1v) is 16.4. The van der Waals surface area contributed by atoms with Crippen LogP contribution in [-0.2, 0) is 38.5 Å². The third-order valence-electron chi connectivity index (χ3n) is 8.41. The molecule has 0 radical (unpaired) electrons. The summed E-state index contributed by atoms with van der Waals surface area (Å²) in [6.07, 6.45) is 3.78. The van der Waals surface area contributed by atoms with E-state index in [0.717, 1.165) is 33.4 Å². The van der Waals surface area contributed by atoms with E-state index in [0.29, 0.717) is 50.0 Å². The molecule has 8 heteroatoms. The van der Waals surface area contributed by atoms with Crippen molar-refractivity contribution in [3.05, 3.63) is 155 Å². The van der Waals surface area contributed by atoms with Crippen molar-refractivity contribution in [1.82, 2.24) is 0 Å². The van der Waals surface area contributed by atoms with E-state index in [9.17, 15) is 30.6 Å². The van der Waals surface area contributed by atoms with Gasteiger partial charge in [-0.3, -0.25) is 0 Å². The van der Waals surface area contributed by atoms with Crippen LogP contribution in [0.25, 0.3) is 0 Å². The van der Waals surface area contributed by atoms with E-state index in [4.69, 9.17) is 9.47 Å². The monoisotopic (exact) mass is 670 g/mol. The standard InChI is InChI=1S/C42H38O8/c43-33-5-1-3-27(19-33)7-9-30-14-17-38(46)41(24-30)49-35-21-32(12-11-29-13-16-37(45)40(48)23-29)22-36(26-35)50-42-25-31(15-18-39(42)47)10-8-28-4-2-6-34(44)20-28/h1-6,13-26,43-48H,7-12H2. The van der Waals surface area contributed by atoms with Gasteiger partial charge in [0.25, 0.3) is 0 Å². The molecule has 0 fully saturated rings. The van der Waals surface area contributed by atoms with Gasteiger partial charge in [0.05, 0.1) is 0 Å². The van der Waals surface area contributed by atoms with Crippen LogP contribution < -0.4 is 9.47 Å². The Bertz CT molecular complexity index is 1990. The van der Waals surface area contributed by atoms with Crippen LogP contribution in [0.3, 0.4) is 0 Å². The van der Waals surface area contributed by atoms with Gasteiger partial charge in [-0.2, -0.15) is 0 Å². The fraction of sp³-hybridized carbons (Fsp3) is 0.143. The number of phenols is 6. The van der Waals surface area contributed by atoms with E-state index >= 15 is 0 Å². The number of aromatic hydroxyl groups is 6. The molecule has 0 unspecified atom stereocenters. The highest BCUT2D eigenvalue weighted by Gasteiger charge is 2.13. The van der Waals surface area contributed by atoms with Crippen molar-refractivity contribution in [1.29, 1.82) is 0 Å². The highest BCUT2D eigenvalue weighted by molar-refractivity contribution is 5.50. The molecule has 0 aliphatic rings. The highest BCUT2D eigenvalue weighted by Crippen LogP contribution is 2.38. The van der Waals surface area contributed by atoms with Crippen LogP contribution in [0.1, 0.15) is 33.4 Å². The number of benzene rings is 6. The van der Waals surface area contributed by atoms with Crippen LogP contribution in [0, 0.1) is 0 Å². The van der Waals surface area contributed by atoms with Gasteiger partial charge in [-0.1, -0.05) is 42.5 Å². The maximum atomic E-state index is 10.7. The Morgan fingerprint density at radius 3 is 1.16 bits per heavy atom. The molecule has 0 aromatic heterocycles. The molecule has 0 saturated carbocycles. The highest BCUT2D eigenvalue weighted by atomic mass is 16.5. The fourth-order valence-corrected chi connectivity index (χ4v) is 5.75. The first-order valence-electron chi connectivity index (χ1n) is 16.4. The molecule has 6 aromatic rings. The van der Waals surface area contributed by atoms with E-state index < -0.39 is 0 Å². The molecule has 0 aliphatic carbocycles. The van der Waals surface area contributed by atoms with Crippen LogP contribution in [0.4, 0.5) is 0 Å². The third-order valence-corrected chi connectivity index (χ3v) is 8.41. The minimum atomic E-state index is -0.192. The van der Waals surface area contributed by atoms with E-state index in [-0.39, 0.29) is 46.0 Å². The summed E-state index contributed by atoms with van der Waals surface area (Å²) < 4.78 is 12.5. The molecule has 0 amide bonds. The van der Waals surface area contributed by atoms with Crippen molar-refractivity contribution in [3.8, 4) is 57.5 Å². The molecule has 0 aliphatic heterocycles.